The molecule has 0 aliphatic carbocycles. The highest BCUT2D eigenvalue weighted by atomic mass is 16.6. The summed E-state index contributed by atoms with van der Waals surface area (Å²) in [7, 11) is -0.0905. The first-order valence-electron chi connectivity index (χ1n) is 5.43. The van der Waals surface area contributed by atoms with E-state index in [1.807, 2.05) is 30.3 Å². The van der Waals surface area contributed by atoms with E-state index in [0.29, 0.717) is 0 Å². The molecule has 1 aliphatic heterocycles. The van der Waals surface area contributed by atoms with Crippen molar-refractivity contribution in [3.05, 3.63) is 36.9 Å². The van der Waals surface area contributed by atoms with Gasteiger partial charge in [0.05, 0.1) is 0 Å². The quantitative estimate of drug-likeness (QED) is 0.414. The molecule has 0 N–H and O–H groups in total. The Morgan fingerprint density at radius 1 is 1.13 bits per heavy atom. The molecule has 15 heavy (non-hydrogen) atoms. The van der Waals surface area contributed by atoms with E-state index in [0.717, 1.165) is 37.1 Å². The van der Waals surface area contributed by atoms with Crippen LogP contribution in [0.4, 0.5) is 0 Å². The Bertz CT molecular complexity index is 313. The number of rotatable bonds is 5. The Kier molecular flexibility index (Phi) is 3.33. The van der Waals surface area contributed by atoms with E-state index in [4.69, 9.17) is 9.31 Å². The molecule has 0 saturated heterocycles. The van der Waals surface area contributed by atoms with Gasteiger partial charge in [0.2, 0.25) is 0 Å². The molecule has 2 rings (SSSR count). The van der Waals surface area contributed by atoms with Crippen LogP contribution in [0, 0.1) is 0 Å². The molecule has 0 aromatic heterocycles. The lowest BCUT2D eigenvalue weighted by Crippen LogP contribution is -2.23. The number of hydrogen-bond donors (Lipinski definition) is 0. The lowest BCUT2D eigenvalue weighted by atomic mass is 9.82. The highest BCUT2D eigenvalue weighted by molar-refractivity contribution is 6.47. The summed E-state index contributed by atoms with van der Waals surface area (Å²) in [5, 5.41) is 0. The van der Waals surface area contributed by atoms with E-state index in [2.05, 4.69) is 6.58 Å². The maximum atomic E-state index is 5.64. The highest BCUT2D eigenvalue weighted by Gasteiger charge is 2.30. The van der Waals surface area contributed by atoms with Gasteiger partial charge in [-0.3, -0.25) is 0 Å². The normalized spacial score (nSPS) is 12.9. The summed E-state index contributed by atoms with van der Waals surface area (Å²) in [6.07, 6.45) is 6.24. The van der Waals surface area contributed by atoms with Crippen LogP contribution in [0.1, 0.15) is 19.3 Å². The second-order valence-electron chi connectivity index (χ2n) is 3.69. The molecule has 1 heterocycles. The molecule has 0 bridgehead atoms. The minimum Gasteiger partial charge on any atom is -0.523 e. The molecule has 1 aromatic rings. The summed E-state index contributed by atoms with van der Waals surface area (Å²) in [4.78, 5) is 0. The fourth-order valence-corrected chi connectivity index (χ4v) is 1.67. The molecule has 0 spiro atoms. The lowest BCUT2D eigenvalue weighted by molar-refractivity contribution is 0.491. The van der Waals surface area contributed by atoms with Gasteiger partial charge in [-0.2, -0.15) is 0 Å². The van der Waals surface area contributed by atoms with Crippen molar-refractivity contribution >= 4 is 7.12 Å². The van der Waals surface area contributed by atoms with Crippen molar-refractivity contribution < 1.29 is 9.31 Å². The number of fused-ring (bicyclic) bond motifs is 1. The van der Waals surface area contributed by atoms with E-state index in [1.54, 1.807) is 0 Å². The monoisotopic (exact) mass is 202 g/mol. The first-order valence-corrected chi connectivity index (χ1v) is 5.43. The van der Waals surface area contributed by atoms with Gasteiger partial charge in [-0.15, -0.1) is 6.58 Å². The first-order chi connectivity index (χ1) is 7.40. The number of para-hydroxylation sites is 2. The van der Waals surface area contributed by atoms with Gasteiger partial charge in [0, 0.05) is 6.32 Å². The molecule has 0 atom stereocenters. The van der Waals surface area contributed by atoms with Gasteiger partial charge in [0.25, 0.3) is 0 Å². The molecule has 1 aliphatic rings. The summed E-state index contributed by atoms with van der Waals surface area (Å²) < 4.78 is 11.3. The maximum Gasteiger partial charge on any atom is 0.594 e. The second kappa shape index (κ2) is 4.92. The van der Waals surface area contributed by atoms with Gasteiger partial charge < -0.3 is 9.31 Å². The smallest absolute Gasteiger partial charge is 0.523 e. The number of unbranched alkanes of at least 4 members (excludes halogenated alkanes) is 2. The summed E-state index contributed by atoms with van der Waals surface area (Å²) in [5.41, 5.74) is 0. The maximum absolute atomic E-state index is 5.64. The SMILES string of the molecule is C=CCCCCB1Oc2ccccc2O1. The van der Waals surface area contributed by atoms with Gasteiger partial charge in [-0.05, 0) is 18.6 Å². The van der Waals surface area contributed by atoms with Crippen LogP contribution in [0.25, 0.3) is 0 Å². The van der Waals surface area contributed by atoms with Crippen molar-refractivity contribution in [3.8, 4) is 11.5 Å². The largest absolute Gasteiger partial charge is 0.594 e. The lowest BCUT2D eigenvalue weighted by Gasteiger charge is -2.03. The highest BCUT2D eigenvalue weighted by Crippen LogP contribution is 2.33. The van der Waals surface area contributed by atoms with Crippen molar-refractivity contribution in [2.24, 2.45) is 0 Å². The molecule has 0 fully saturated rings. The van der Waals surface area contributed by atoms with Gasteiger partial charge in [-0.25, -0.2) is 0 Å². The minimum atomic E-state index is -0.0905. The number of allylic oxidation sites excluding steroid dienone is 1. The first kappa shape index (κ1) is 10.2. The molecule has 3 heteroatoms. The molecule has 78 valence electrons. The second-order valence-corrected chi connectivity index (χ2v) is 3.69. The fraction of sp³-hybridized carbons (Fsp3) is 0.333. The van der Waals surface area contributed by atoms with E-state index >= 15 is 0 Å². The summed E-state index contributed by atoms with van der Waals surface area (Å²) >= 11 is 0. The van der Waals surface area contributed by atoms with Crippen LogP contribution in [0.2, 0.25) is 6.32 Å². The molecule has 2 nitrogen and oxygen atoms in total. The number of hydrogen-bond acceptors (Lipinski definition) is 2. The minimum absolute atomic E-state index is 0.0905. The van der Waals surface area contributed by atoms with E-state index in [-0.39, 0.29) is 7.12 Å². The zero-order valence-electron chi connectivity index (χ0n) is 8.82. The predicted molar refractivity (Wildman–Crippen MR) is 62.3 cm³/mol. The third-order valence-corrected chi connectivity index (χ3v) is 2.46. The molecule has 0 amide bonds. The Morgan fingerprint density at radius 2 is 1.80 bits per heavy atom. The fourth-order valence-electron chi connectivity index (χ4n) is 1.67. The average molecular weight is 202 g/mol. The van der Waals surface area contributed by atoms with E-state index < -0.39 is 0 Å². The van der Waals surface area contributed by atoms with Crippen molar-refractivity contribution in [2.45, 2.75) is 25.6 Å². The average Bonchev–Trinajstić information content (AvgIpc) is 2.67. The van der Waals surface area contributed by atoms with Crippen molar-refractivity contribution in [1.29, 1.82) is 0 Å². The topological polar surface area (TPSA) is 18.5 Å². The van der Waals surface area contributed by atoms with E-state index in [1.165, 1.54) is 0 Å². The van der Waals surface area contributed by atoms with Gasteiger partial charge in [-0.1, -0.05) is 31.1 Å². The third-order valence-electron chi connectivity index (χ3n) is 2.46. The van der Waals surface area contributed by atoms with Gasteiger partial charge >= 0.3 is 7.12 Å². The summed E-state index contributed by atoms with van der Waals surface area (Å²) in [6, 6.07) is 7.81. The zero-order valence-corrected chi connectivity index (χ0v) is 8.82. The van der Waals surface area contributed by atoms with Crippen LogP contribution in [-0.2, 0) is 0 Å². The Morgan fingerprint density at radius 3 is 2.40 bits per heavy atom. The molecule has 0 unspecified atom stereocenters. The molecular weight excluding hydrogens is 187 g/mol. The van der Waals surface area contributed by atoms with Crippen LogP contribution in [-0.4, -0.2) is 7.12 Å². The molecular formula is C12H15BO2. The van der Waals surface area contributed by atoms with Crippen LogP contribution in [0.15, 0.2) is 36.9 Å². The summed E-state index contributed by atoms with van der Waals surface area (Å²) in [6.45, 7) is 3.70. The van der Waals surface area contributed by atoms with Crippen LogP contribution in [0.5, 0.6) is 11.5 Å². The summed E-state index contributed by atoms with van der Waals surface area (Å²) in [5.74, 6) is 1.73. The van der Waals surface area contributed by atoms with Crippen LogP contribution in [0.3, 0.4) is 0 Å². The van der Waals surface area contributed by atoms with Gasteiger partial charge in [0.15, 0.2) is 0 Å². The zero-order chi connectivity index (χ0) is 10.5. The Hall–Kier alpha value is -1.38. The molecule has 0 saturated carbocycles. The van der Waals surface area contributed by atoms with Gasteiger partial charge in [0.1, 0.15) is 11.5 Å². The third kappa shape index (κ3) is 2.55. The van der Waals surface area contributed by atoms with Crippen LogP contribution >= 0.6 is 0 Å². The molecule has 1 aromatic carbocycles. The number of benzene rings is 1. The van der Waals surface area contributed by atoms with E-state index in [9.17, 15) is 0 Å². The Balaban J connectivity index is 1.78. The van der Waals surface area contributed by atoms with Crippen molar-refractivity contribution in [3.63, 3.8) is 0 Å². The Labute approximate surface area is 91.0 Å². The standard InChI is InChI=1S/C12H15BO2/c1-2-3-4-7-10-13-14-11-8-5-6-9-12(11)15-13/h2,5-6,8-9H,1,3-4,7,10H2. The molecule has 0 radical (unpaired) electrons. The predicted octanol–water partition coefficient (Wildman–Crippen LogP) is 3.30. The van der Waals surface area contributed by atoms with Crippen LogP contribution < -0.4 is 9.31 Å². The van der Waals surface area contributed by atoms with Crippen molar-refractivity contribution in [1.82, 2.24) is 0 Å². The van der Waals surface area contributed by atoms with Crippen molar-refractivity contribution in [2.75, 3.05) is 0 Å².